The second-order valence-corrected chi connectivity index (χ2v) is 8.43. The Balaban J connectivity index is 1.90. The van der Waals surface area contributed by atoms with Gasteiger partial charge in [-0.05, 0) is 44.2 Å². The second-order valence-electron chi connectivity index (χ2n) is 7.35. The molecule has 3 aromatic rings. The van der Waals surface area contributed by atoms with Crippen LogP contribution in [0.15, 0.2) is 39.9 Å². The van der Waals surface area contributed by atoms with Crippen molar-refractivity contribution in [3.8, 4) is 0 Å². The van der Waals surface area contributed by atoms with Crippen molar-refractivity contribution in [2.24, 2.45) is 0 Å². The number of rotatable bonds is 6. The number of carbonyl (C=O) groups excluding carboxylic acids is 1. The number of likely N-dealkylation sites (N-methyl/N-ethyl adjacent to an activating group) is 1. The molecule has 1 amide bonds. The highest BCUT2D eigenvalue weighted by atomic mass is 32.1. The molecule has 1 aliphatic rings. The number of aromatic nitrogens is 2. The standard InChI is InChI=1S/C22H25N3O3S/c1-3-23(4-2)18(26)14-25-21-19(16-11-8-12-17(16)29-21)20(27)24(22(25)28)13-15-9-6-5-7-10-15/h5-7,9-10H,3-4,8,11-14H2,1-2H3. The fourth-order valence-electron chi connectivity index (χ4n) is 4.11. The van der Waals surface area contributed by atoms with E-state index in [1.54, 1.807) is 4.90 Å². The zero-order valence-electron chi connectivity index (χ0n) is 16.8. The molecule has 0 fully saturated rings. The lowest BCUT2D eigenvalue weighted by molar-refractivity contribution is -0.131. The Labute approximate surface area is 173 Å². The first kappa shape index (κ1) is 19.6. The van der Waals surface area contributed by atoms with Gasteiger partial charge in [-0.15, -0.1) is 11.3 Å². The summed E-state index contributed by atoms with van der Waals surface area (Å²) in [6.07, 6.45) is 2.83. The van der Waals surface area contributed by atoms with E-state index in [-0.39, 0.29) is 24.6 Å². The number of thiophene rings is 1. The molecular weight excluding hydrogens is 386 g/mol. The van der Waals surface area contributed by atoms with Crippen LogP contribution in [0.25, 0.3) is 10.2 Å². The van der Waals surface area contributed by atoms with E-state index in [9.17, 15) is 14.4 Å². The highest BCUT2D eigenvalue weighted by Crippen LogP contribution is 2.35. The van der Waals surface area contributed by atoms with E-state index in [0.29, 0.717) is 23.3 Å². The van der Waals surface area contributed by atoms with Gasteiger partial charge < -0.3 is 4.90 Å². The van der Waals surface area contributed by atoms with Crippen molar-refractivity contribution in [2.45, 2.75) is 46.2 Å². The Morgan fingerprint density at radius 3 is 2.48 bits per heavy atom. The van der Waals surface area contributed by atoms with Gasteiger partial charge in [0.1, 0.15) is 11.4 Å². The van der Waals surface area contributed by atoms with Crippen molar-refractivity contribution in [1.82, 2.24) is 14.0 Å². The largest absolute Gasteiger partial charge is 0.342 e. The zero-order valence-corrected chi connectivity index (χ0v) is 17.6. The van der Waals surface area contributed by atoms with Crippen LogP contribution in [0.2, 0.25) is 0 Å². The Kier molecular flexibility index (Phi) is 5.41. The predicted molar refractivity (Wildman–Crippen MR) is 116 cm³/mol. The van der Waals surface area contributed by atoms with Gasteiger partial charge in [0, 0.05) is 18.0 Å². The van der Waals surface area contributed by atoms with Crippen molar-refractivity contribution in [3.05, 3.63) is 67.2 Å². The predicted octanol–water partition coefficient (Wildman–Crippen LogP) is 2.63. The monoisotopic (exact) mass is 411 g/mol. The summed E-state index contributed by atoms with van der Waals surface area (Å²) >= 11 is 1.50. The highest BCUT2D eigenvalue weighted by Gasteiger charge is 2.26. The van der Waals surface area contributed by atoms with Gasteiger partial charge in [0.2, 0.25) is 5.91 Å². The summed E-state index contributed by atoms with van der Waals surface area (Å²) in [5.74, 6) is -0.100. The average molecular weight is 412 g/mol. The van der Waals surface area contributed by atoms with Crippen LogP contribution in [0, 0.1) is 0 Å². The Bertz CT molecular complexity index is 1170. The molecule has 1 aliphatic carbocycles. The van der Waals surface area contributed by atoms with E-state index in [4.69, 9.17) is 0 Å². The quantitative estimate of drug-likeness (QED) is 0.626. The molecule has 7 heteroatoms. The fourth-order valence-corrected chi connectivity index (χ4v) is 5.48. The van der Waals surface area contributed by atoms with Crippen molar-refractivity contribution in [3.63, 3.8) is 0 Å². The number of nitrogens with zero attached hydrogens (tertiary/aromatic N) is 3. The van der Waals surface area contributed by atoms with Gasteiger partial charge in [0.05, 0.1) is 11.9 Å². The molecule has 0 unspecified atom stereocenters. The van der Waals surface area contributed by atoms with Crippen LogP contribution in [0.1, 0.15) is 36.3 Å². The lowest BCUT2D eigenvalue weighted by Gasteiger charge is -2.20. The van der Waals surface area contributed by atoms with E-state index >= 15 is 0 Å². The molecule has 0 saturated carbocycles. The Hall–Kier alpha value is -2.67. The number of aryl methyl sites for hydroxylation is 2. The molecule has 0 radical (unpaired) electrons. The van der Waals surface area contributed by atoms with Crippen LogP contribution in [0.3, 0.4) is 0 Å². The summed E-state index contributed by atoms with van der Waals surface area (Å²) in [5.41, 5.74) is 1.31. The molecule has 29 heavy (non-hydrogen) atoms. The topological polar surface area (TPSA) is 64.3 Å². The number of amides is 1. The lowest BCUT2D eigenvalue weighted by Crippen LogP contribution is -2.43. The Morgan fingerprint density at radius 2 is 1.79 bits per heavy atom. The average Bonchev–Trinajstić information content (AvgIpc) is 3.31. The molecule has 0 atom stereocenters. The van der Waals surface area contributed by atoms with Crippen LogP contribution in [0.4, 0.5) is 0 Å². The maximum atomic E-state index is 13.3. The van der Waals surface area contributed by atoms with Crippen molar-refractivity contribution in [1.29, 1.82) is 0 Å². The molecule has 1 aromatic carbocycles. The molecule has 4 rings (SSSR count). The zero-order chi connectivity index (χ0) is 20.5. The minimum absolute atomic E-state index is 0.0362. The highest BCUT2D eigenvalue weighted by molar-refractivity contribution is 7.19. The van der Waals surface area contributed by atoms with Crippen LogP contribution in [-0.4, -0.2) is 33.0 Å². The molecule has 0 bridgehead atoms. The molecule has 2 heterocycles. The first-order valence-electron chi connectivity index (χ1n) is 10.1. The molecule has 0 saturated heterocycles. The van der Waals surface area contributed by atoms with Gasteiger partial charge >= 0.3 is 5.69 Å². The van der Waals surface area contributed by atoms with Gasteiger partial charge in [0.15, 0.2) is 0 Å². The molecule has 2 aromatic heterocycles. The lowest BCUT2D eigenvalue weighted by atomic mass is 10.2. The van der Waals surface area contributed by atoms with Crippen LogP contribution < -0.4 is 11.2 Å². The van der Waals surface area contributed by atoms with Crippen LogP contribution in [0.5, 0.6) is 0 Å². The summed E-state index contributed by atoms with van der Waals surface area (Å²) in [4.78, 5) is 43.0. The third-order valence-electron chi connectivity index (χ3n) is 5.66. The van der Waals surface area contributed by atoms with Gasteiger partial charge in [-0.2, -0.15) is 0 Å². The van der Waals surface area contributed by atoms with Gasteiger partial charge in [-0.25, -0.2) is 4.79 Å². The normalized spacial score (nSPS) is 13.0. The molecular formula is C22H25N3O3S. The van der Waals surface area contributed by atoms with Gasteiger partial charge in [0.25, 0.3) is 5.56 Å². The van der Waals surface area contributed by atoms with Crippen LogP contribution >= 0.6 is 11.3 Å². The number of benzene rings is 1. The first-order chi connectivity index (χ1) is 14.0. The molecule has 0 spiro atoms. The SMILES string of the molecule is CCN(CC)C(=O)Cn1c(=O)n(Cc2ccccc2)c(=O)c2c3c(sc21)CCC3. The van der Waals surface area contributed by atoms with Gasteiger partial charge in [-0.3, -0.25) is 18.7 Å². The third kappa shape index (κ3) is 3.44. The molecule has 6 nitrogen and oxygen atoms in total. The summed E-state index contributed by atoms with van der Waals surface area (Å²) in [7, 11) is 0. The molecule has 0 aliphatic heterocycles. The van der Waals surface area contributed by atoms with Crippen molar-refractivity contribution < 1.29 is 4.79 Å². The first-order valence-corrected chi connectivity index (χ1v) is 11.0. The van der Waals surface area contributed by atoms with E-state index in [1.165, 1.54) is 25.3 Å². The molecule has 152 valence electrons. The van der Waals surface area contributed by atoms with E-state index in [1.807, 2.05) is 44.2 Å². The number of hydrogen-bond acceptors (Lipinski definition) is 4. The molecule has 0 N–H and O–H groups in total. The van der Waals surface area contributed by atoms with E-state index in [0.717, 1.165) is 30.4 Å². The maximum Gasteiger partial charge on any atom is 0.332 e. The van der Waals surface area contributed by atoms with Crippen molar-refractivity contribution in [2.75, 3.05) is 13.1 Å². The number of hydrogen-bond donors (Lipinski definition) is 0. The Morgan fingerprint density at radius 1 is 1.07 bits per heavy atom. The van der Waals surface area contributed by atoms with E-state index in [2.05, 4.69) is 0 Å². The summed E-state index contributed by atoms with van der Waals surface area (Å²) in [6, 6.07) is 9.49. The van der Waals surface area contributed by atoms with Crippen LogP contribution in [-0.2, 0) is 30.7 Å². The summed E-state index contributed by atoms with van der Waals surface area (Å²) in [6.45, 7) is 5.21. The van der Waals surface area contributed by atoms with Gasteiger partial charge in [-0.1, -0.05) is 30.3 Å². The van der Waals surface area contributed by atoms with E-state index < -0.39 is 5.69 Å². The minimum atomic E-state index is -0.410. The number of fused-ring (bicyclic) bond motifs is 3. The third-order valence-corrected chi connectivity index (χ3v) is 6.98. The maximum absolute atomic E-state index is 13.3. The van der Waals surface area contributed by atoms with Crippen molar-refractivity contribution >= 4 is 27.5 Å². The number of carbonyl (C=O) groups is 1. The smallest absolute Gasteiger partial charge is 0.332 e. The summed E-state index contributed by atoms with van der Waals surface area (Å²) in [5, 5.41) is 0.630. The summed E-state index contributed by atoms with van der Waals surface area (Å²) < 4.78 is 2.81. The minimum Gasteiger partial charge on any atom is -0.342 e. The second kappa shape index (κ2) is 7.99. The fraction of sp³-hybridized carbons (Fsp3) is 0.409.